The summed E-state index contributed by atoms with van der Waals surface area (Å²) in [5, 5.41) is 0. The highest BCUT2D eigenvalue weighted by atomic mass is 79.9. The van der Waals surface area contributed by atoms with Crippen molar-refractivity contribution >= 4 is 39.6 Å². The highest BCUT2D eigenvalue weighted by Gasteiger charge is 2.29. The van der Waals surface area contributed by atoms with E-state index in [2.05, 4.69) is 15.9 Å². The third-order valence-electron chi connectivity index (χ3n) is 2.46. The molecule has 1 aromatic carbocycles. The zero-order valence-corrected chi connectivity index (χ0v) is 13.1. The van der Waals surface area contributed by atoms with Crippen molar-refractivity contribution < 1.29 is 23.8 Å². The van der Waals surface area contributed by atoms with Crippen molar-refractivity contribution in [1.29, 1.82) is 0 Å². The third-order valence-corrected chi connectivity index (χ3v) is 4.24. The minimum absolute atomic E-state index is 0.114. The molecule has 0 amide bonds. The van der Waals surface area contributed by atoms with Crippen LogP contribution in [0.15, 0.2) is 28.7 Å². The van der Waals surface area contributed by atoms with E-state index in [1.807, 2.05) is 6.07 Å². The molecule has 0 bridgehead atoms. The topological polar surface area (TPSA) is 61.8 Å². The van der Waals surface area contributed by atoms with E-state index in [4.69, 9.17) is 14.2 Å². The lowest BCUT2D eigenvalue weighted by molar-refractivity contribution is -0.172. The fourth-order valence-corrected chi connectivity index (χ4v) is 2.95. The molecule has 2 unspecified atom stereocenters. The van der Waals surface area contributed by atoms with E-state index < -0.39 is 12.3 Å². The highest BCUT2D eigenvalue weighted by molar-refractivity contribution is 9.10. The predicted molar refractivity (Wildman–Crippen MR) is 77.3 cm³/mol. The van der Waals surface area contributed by atoms with Crippen LogP contribution in [0.5, 0.6) is 0 Å². The van der Waals surface area contributed by atoms with Crippen LogP contribution < -0.4 is 0 Å². The van der Waals surface area contributed by atoms with Gasteiger partial charge in [-0.2, -0.15) is 0 Å². The highest BCUT2D eigenvalue weighted by Crippen LogP contribution is 2.26. The number of hydrogen-bond acceptors (Lipinski definition) is 6. The molecule has 7 heteroatoms. The average Bonchev–Trinajstić information content (AvgIpc) is 2.83. The van der Waals surface area contributed by atoms with Gasteiger partial charge in [0.2, 0.25) is 6.29 Å². The van der Waals surface area contributed by atoms with Crippen molar-refractivity contribution in [2.75, 3.05) is 12.4 Å². The van der Waals surface area contributed by atoms with Crippen LogP contribution in [0.1, 0.15) is 17.3 Å². The standard InChI is InChI=1S/C13H13BrO5S/c1-8(15)18-11-7-20-12(19-11)6-17-13(16)9-4-2-3-5-10(9)14/h2-5,11-12H,6-7H2,1H3. The molecule has 0 radical (unpaired) electrons. The van der Waals surface area contributed by atoms with Crippen molar-refractivity contribution in [2.45, 2.75) is 18.6 Å². The van der Waals surface area contributed by atoms with Gasteiger partial charge < -0.3 is 14.2 Å². The van der Waals surface area contributed by atoms with Gasteiger partial charge in [0.05, 0.1) is 11.3 Å². The first-order valence-electron chi connectivity index (χ1n) is 5.92. The normalized spacial score (nSPS) is 21.5. The van der Waals surface area contributed by atoms with Crippen molar-refractivity contribution in [3.63, 3.8) is 0 Å². The molecule has 0 N–H and O–H groups in total. The average molecular weight is 361 g/mol. The molecule has 1 fully saturated rings. The van der Waals surface area contributed by atoms with Crippen LogP contribution in [0.2, 0.25) is 0 Å². The number of benzene rings is 1. The summed E-state index contributed by atoms with van der Waals surface area (Å²) in [5.74, 6) is -0.268. The van der Waals surface area contributed by atoms with Crippen LogP contribution in [0, 0.1) is 0 Å². The third kappa shape index (κ3) is 4.22. The predicted octanol–water partition coefficient (Wildman–Crippen LogP) is 2.58. The van der Waals surface area contributed by atoms with Crippen LogP contribution >= 0.6 is 27.7 Å². The largest absolute Gasteiger partial charge is 0.458 e. The molecule has 0 aliphatic carbocycles. The monoisotopic (exact) mass is 360 g/mol. The SMILES string of the molecule is CC(=O)OC1CSC(COC(=O)c2ccccc2Br)O1. The van der Waals surface area contributed by atoms with Crippen LogP contribution in [-0.2, 0) is 19.0 Å². The Morgan fingerprint density at radius 2 is 2.20 bits per heavy atom. The van der Waals surface area contributed by atoms with Gasteiger partial charge in [0.15, 0.2) is 0 Å². The number of rotatable bonds is 4. The molecular weight excluding hydrogens is 348 g/mol. The maximum atomic E-state index is 11.9. The molecular formula is C13H13BrO5S. The van der Waals surface area contributed by atoms with Gasteiger partial charge in [-0.1, -0.05) is 12.1 Å². The minimum Gasteiger partial charge on any atom is -0.458 e. The fraction of sp³-hybridized carbons (Fsp3) is 0.385. The summed E-state index contributed by atoms with van der Waals surface area (Å²) in [5.41, 5.74) is 0.151. The van der Waals surface area contributed by atoms with Gasteiger partial charge in [-0.05, 0) is 28.1 Å². The van der Waals surface area contributed by atoms with Crippen LogP contribution in [-0.4, -0.2) is 36.0 Å². The Kier molecular flexibility index (Phi) is 5.45. The second-order valence-electron chi connectivity index (χ2n) is 4.02. The lowest BCUT2D eigenvalue weighted by Crippen LogP contribution is -2.22. The molecule has 1 aromatic rings. The Bertz CT molecular complexity index is 507. The Morgan fingerprint density at radius 1 is 1.45 bits per heavy atom. The van der Waals surface area contributed by atoms with E-state index in [0.717, 1.165) is 0 Å². The van der Waals surface area contributed by atoms with E-state index in [1.54, 1.807) is 18.2 Å². The molecule has 1 saturated heterocycles. The van der Waals surface area contributed by atoms with Crippen LogP contribution in [0.3, 0.4) is 0 Å². The van der Waals surface area contributed by atoms with Gasteiger partial charge in [0.25, 0.3) is 0 Å². The Labute approximate surface area is 129 Å². The van der Waals surface area contributed by atoms with Crippen molar-refractivity contribution in [3.8, 4) is 0 Å². The first kappa shape index (κ1) is 15.3. The number of thioether (sulfide) groups is 1. The molecule has 5 nitrogen and oxygen atoms in total. The van der Waals surface area contributed by atoms with Gasteiger partial charge in [-0.15, -0.1) is 11.8 Å². The number of ether oxygens (including phenoxy) is 3. The van der Waals surface area contributed by atoms with Crippen molar-refractivity contribution in [3.05, 3.63) is 34.3 Å². The van der Waals surface area contributed by atoms with Crippen molar-refractivity contribution in [1.82, 2.24) is 0 Å². The number of halogens is 1. The molecule has 1 aliphatic heterocycles. The van der Waals surface area contributed by atoms with Gasteiger partial charge in [0, 0.05) is 11.4 Å². The molecule has 0 aromatic heterocycles. The first-order chi connectivity index (χ1) is 9.56. The molecule has 20 heavy (non-hydrogen) atoms. The number of hydrogen-bond donors (Lipinski definition) is 0. The van der Waals surface area contributed by atoms with E-state index >= 15 is 0 Å². The van der Waals surface area contributed by atoms with Gasteiger partial charge in [-0.25, -0.2) is 4.79 Å². The Balaban J connectivity index is 1.80. The summed E-state index contributed by atoms with van der Waals surface area (Å²) in [6.45, 7) is 1.44. The molecule has 2 atom stereocenters. The maximum absolute atomic E-state index is 11.9. The zero-order chi connectivity index (χ0) is 14.5. The number of carbonyl (C=O) groups excluding carboxylic acids is 2. The molecule has 0 saturated carbocycles. The quantitative estimate of drug-likeness (QED) is 0.769. The summed E-state index contributed by atoms with van der Waals surface area (Å²) in [6, 6.07) is 7.03. The molecule has 1 aliphatic rings. The molecule has 0 spiro atoms. The smallest absolute Gasteiger partial charge is 0.339 e. The number of carbonyl (C=O) groups is 2. The van der Waals surface area contributed by atoms with Crippen LogP contribution in [0.4, 0.5) is 0 Å². The summed E-state index contributed by atoms with van der Waals surface area (Å²) in [4.78, 5) is 22.7. The van der Waals surface area contributed by atoms with Gasteiger partial charge in [-0.3, -0.25) is 4.79 Å². The van der Waals surface area contributed by atoms with Gasteiger partial charge >= 0.3 is 11.9 Å². The lowest BCUT2D eigenvalue weighted by atomic mass is 10.2. The minimum atomic E-state index is -0.565. The van der Waals surface area contributed by atoms with E-state index in [1.165, 1.54) is 18.7 Å². The zero-order valence-electron chi connectivity index (χ0n) is 10.7. The Morgan fingerprint density at radius 3 is 2.90 bits per heavy atom. The van der Waals surface area contributed by atoms with Gasteiger partial charge in [0.1, 0.15) is 12.0 Å². The van der Waals surface area contributed by atoms with E-state index in [0.29, 0.717) is 15.8 Å². The Hall–Kier alpha value is -1.05. The summed E-state index contributed by atoms with van der Waals surface area (Å²) in [7, 11) is 0. The van der Waals surface area contributed by atoms with Crippen LogP contribution in [0.25, 0.3) is 0 Å². The first-order valence-corrected chi connectivity index (χ1v) is 7.76. The fourth-order valence-electron chi connectivity index (χ4n) is 1.62. The summed E-state index contributed by atoms with van der Waals surface area (Å²) >= 11 is 4.74. The molecule has 108 valence electrons. The molecule has 1 heterocycles. The maximum Gasteiger partial charge on any atom is 0.339 e. The van der Waals surface area contributed by atoms with E-state index in [-0.39, 0.29) is 18.0 Å². The summed E-state index contributed by atoms with van der Waals surface area (Å²) < 4.78 is 16.2. The summed E-state index contributed by atoms with van der Waals surface area (Å²) in [6.07, 6.45) is -0.565. The molecule has 2 rings (SSSR count). The van der Waals surface area contributed by atoms with E-state index in [9.17, 15) is 9.59 Å². The number of esters is 2. The second kappa shape index (κ2) is 7.10. The lowest BCUT2D eigenvalue weighted by Gasteiger charge is -2.13. The second-order valence-corrected chi connectivity index (χ2v) is 6.06. The van der Waals surface area contributed by atoms with Crippen molar-refractivity contribution in [2.24, 2.45) is 0 Å².